The van der Waals surface area contributed by atoms with Crippen molar-refractivity contribution < 1.29 is 14.6 Å². The third-order valence-electron chi connectivity index (χ3n) is 3.07. The van der Waals surface area contributed by atoms with Gasteiger partial charge in [-0.3, -0.25) is 0 Å². The molecule has 0 spiro atoms. The van der Waals surface area contributed by atoms with Crippen molar-refractivity contribution in [2.24, 2.45) is 5.73 Å². The molecule has 2 atom stereocenters. The zero-order valence-electron chi connectivity index (χ0n) is 10.8. The Morgan fingerprint density at radius 2 is 1.94 bits per heavy atom. The Morgan fingerprint density at radius 3 is 2.56 bits per heavy atom. The van der Waals surface area contributed by atoms with Gasteiger partial charge in [0.15, 0.2) is 11.5 Å². The summed E-state index contributed by atoms with van der Waals surface area (Å²) in [4.78, 5) is 1.95. The van der Waals surface area contributed by atoms with E-state index in [-0.39, 0.29) is 12.6 Å². The lowest BCUT2D eigenvalue weighted by atomic mass is 9.99. The first-order valence-electron chi connectivity index (χ1n) is 6.07. The van der Waals surface area contributed by atoms with E-state index in [1.54, 1.807) is 0 Å². The highest BCUT2D eigenvalue weighted by Crippen LogP contribution is 2.34. The van der Waals surface area contributed by atoms with Crippen molar-refractivity contribution in [2.75, 3.05) is 33.9 Å². The van der Waals surface area contributed by atoms with Crippen LogP contribution in [0.2, 0.25) is 0 Å². The second kappa shape index (κ2) is 5.56. The fraction of sp³-hybridized carbons (Fsp3) is 0.538. The molecule has 1 aromatic carbocycles. The van der Waals surface area contributed by atoms with Crippen LogP contribution in [0, 0.1) is 0 Å². The number of hydrogen-bond donors (Lipinski definition) is 2. The summed E-state index contributed by atoms with van der Waals surface area (Å²) >= 11 is 0. The SMILES string of the molecule is CN(C)C(c1ccc2c(c1)OCCO2)C(O)CN. The monoisotopic (exact) mass is 252 g/mol. The molecule has 100 valence electrons. The van der Waals surface area contributed by atoms with Gasteiger partial charge in [-0.15, -0.1) is 0 Å². The molecule has 3 N–H and O–H groups in total. The van der Waals surface area contributed by atoms with Crippen LogP contribution in [0.5, 0.6) is 11.5 Å². The molecule has 2 rings (SSSR count). The van der Waals surface area contributed by atoms with E-state index >= 15 is 0 Å². The zero-order chi connectivity index (χ0) is 13.1. The molecule has 1 heterocycles. The summed E-state index contributed by atoms with van der Waals surface area (Å²) in [5, 5.41) is 10.0. The number of nitrogens with two attached hydrogens (primary N) is 1. The van der Waals surface area contributed by atoms with Crippen molar-refractivity contribution >= 4 is 0 Å². The van der Waals surface area contributed by atoms with Gasteiger partial charge in [0, 0.05) is 6.54 Å². The van der Waals surface area contributed by atoms with Crippen LogP contribution in [0.3, 0.4) is 0 Å². The normalized spacial score (nSPS) is 17.6. The van der Waals surface area contributed by atoms with Crippen molar-refractivity contribution in [3.8, 4) is 11.5 Å². The maximum atomic E-state index is 10.0. The van der Waals surface area contributed by atoms with Gasteiger partial charge in [0.25, 0.3) is 0 Å². The van der Waals surface area contributed by atoms with Gasteiger partial charge in [-0.2, -0.15) is 0 Å². The predicted octanol–water partition coefficient (Wildman–Crippen LogP) is 0.380. The van der Waals surface area contributed by atoms with Gasteiger partial charge in [-0.25, -0.2) is 0 Å². The topological polar surface area (TPSA) is 68.0 Å². The molecule has 2 unspecified atom stereocenters. The minimum Gasteiger partial charge on any atom is -0.486 e. The van der Waals surface area contributed by atoms with Crippen LogP contribution in [0.4, 0.5) is 0 Å². The van der Waals surface area contributed by atoms with E-state index in [1.807, 2.05) is 37.2 Å². The third-order valence-corrected chi connectivity index (χ3v) is 3.07. The van der Waals surface area contributed by atoms with E-state index < -0.39 is 6.10 Å². The van der Waals surface area contributed by atoms with Crippen molar-refractivity contribution in [1.29, 1.82) is 0 Å². The van der Waals surface area contributed by atoms with Gasteiger partial charge in [0.2, 0.25) is 0 Å². The highest BCUT2D eigenvalue weighted by atomic mass is 16.6. The van der Waals surface area contributed by atoms with Crippen molar-refractivity contribution in [2.45, 2.75) is 12.1 Å². The number of likely N-dealkylation sites (N-methyl/N-ethyl adjacent to an activating group) is 1. The number of rotatable bonds is 4. The molecule has 5 heteroatoms. The van der Waals surface area contributed by atoms with Crippen LogP contribution >= 0.6 is 0 Å². The number of ether oxygens (including phenoxy) is 2. The van der Waals surface area contributed by atoms with Gasteiger partial charge in [-0.05, 0) is 31.8 Å². The zero-order valence-corrected chi connectivity index (χ0v) is 10.8. The Hall–Kier alpha value is -1.30. The average molecular weight is 252 g/mol. The van der Waals surface area contributed by atoms with Gasteiger partial charge < -0.3 is 25.2 Å². The van der Waals surface area contributed by atoms with E-state index in [9.17, 15) is 5.11 Å². The van der Waals surface area contributed by atoms with Crippen molar-refractivity contribution in [3.63, 3.8) is 0 Å². The molecule has 0 aliphatic carbocycles. The summed E-state index contributed by atoms with van der Waals surface area (Å²) in [5.74, 6) is 1.49. The lowest BCUT2D eigenvalue weighted by Crippen LogP contribution is -2.36. The predicted molar refractivity (Wildman–Crippen MR) is 68.9 cm³/mol. The van der Waals surface area contributed by atoms with E-state index in [1.165, 1.54) is 0 Å². The van der Waals surface area contributed by atoms with Crippen LogP contribution in [0.1, 0.15) is 11.6 Å². The molecule has 0 amide bonds. The van der Waals surface area contributed by atoms with Crippen LogP contribution in [-0.2, 0) is 0 Å². The molecule has 0 radical (unpaired) electrons. The lowest BCUT2D eigenvalue weighted by Gasteiger charge is -2.29. The van der Waals surface area contributed by atoms with E-state index in [4.69, 9.17) is 15.2 Å². The first-order chi connectivity index (χ1) is 8.63. The number of fused-ring (bicyclic) bond motifs is 1. The molecule has 0 fully saturated rings. The van der Waals surface area contributed by atoms with Gasteiger partial charge >= 0.3 is 0 Å². The molecule has 0 aromatic heterocycles. The number of hydrogen-bond acceptors (Lipinski definition) is 5. The Balaban J connectivity index is 2.30. The van der Waals surface area contributed by atoms with E-state index in [0.717, 1.165) is 17.1 Å². The molecular formula is C13H20N2O3. The highest BCUT2D eigenvalue weighted by Gasteiger charge is 2.24. The quantitative estimate of drug-likeness (QED) is 0.811. The van der Waals surface area contributed by atoms with Gasteiger partial charge in [0.1, 0.15) is 13.2 Å². The molecular weight excluding hydrogens is 232 g/mol. The Morgan fingerprint density at radius 1 is 1.28 bits per heavy atom. The maximum Gasteiger partial charge on any atom is 0.161 e. The molecule has 18 heavy (non-hydrogen) atoms. The Labute approximate surface area is 107 Å². The number of aliphatic hydroxyl groups excluding tert-OH is 1. The Kier molecular flexibility index (Phi) is 4.06. The van der Waals surface area contributed by atoms with E-state index in [0.29, 0.717) is 13.2 Å². The summed E-state index contributed by atoms with van der Waals surface area (Å²) in [6.45, 7) is 1.36. The number of nitrogens with zero attached hydrogens (tertiary/aromatic N) is 1. The molecule has 1 aliphatic heterocycles. The highest BCUT2D eigenvalue weighted by molar-refractivity contribution is 5.44. The standard InChI is InChI=1S/C13H20N2O3/c1-15(2)13(10(16)8-14)9-3-4-11-12(7-9)18-6-5-17-11/h3-4,7,10,13,16H,5-6,8,14H2,1-2H3. The molecule has 5 nitrogen and oxygen atoms in total. The third kappa shape index (κ3) is 2.58. The second-order valence-corrected chi connectivity index (χ2v) is 4.61. The molecule has 1 aliphatic rings. The van der Waals surface area contributed by atoms with Gasteiger partial charge in [-0.1, -0.05) is 6.07 Å². The summed E-state index contributed by atoms with van der Waals surface area (Å²) < 4.78 is 11.0. The molecule has 0 saturated heterocycles. The molecule has 0 bridgehead atoms. The first kappa shape index (κ1) is 13.1. The minimum atomic E-state index is -0.609. The molecule has 0 saturated carbocycles. The van der Waals surface area contributed by atoms with Crippen LogP contribution in [0.15, 0.2) is 18.2 Å². The fourth-order valence-electron chi connectivity index (χ4n) is 2.24. The van der Waals surface area contributed by atoms with Gasteiger partial charge in [0.05, 0.1) is 12.1 Å². The smallest absolute Gasteiger partial charge is 0.161 e. The number of benzene rings is 1. The summed E-state index contributed by atoms with van der Waals surface area (Å²) in [7, 11) is 3.83. The largest absolute Gasteiger partial charge is 0.486 e. The van der Waals surface area contributed by atoms with E-state index in [2.05, 4.69) is 0 Å². The van der Waals surface area contributed by atoms with Crippen molar-refractivity contribution in [1.82, 2.24) is 4.90 Å². The summed E-state index contributed by atoms with van der Waals surface area (Å²) in [6.07, 6.45) is -0.609. The lowest BCUT2D eigenvalue weighted by molar-refractivity contribution is 0.0818. The average Bonchev–Trinajstić information content (AvgIpc) is 2.38. The van der Waals surface area contributed by atoms with Crippen LogP contribution in [-0.4, -0.2) is 50.0 Å². The number of aliphatic hydroxyl groups is 1. The first-order valence-corrected chi connectivity index (χ1v) is 6.07. The summed E-state index contributed by atoms with van der Waals surface area (Å²) in [6, 6.07) is 5.59. The van der Waals surface area contributed by atoms with Crippen LogP contribution in [0.25, 0.3) is 0 Å². The maximum absolute atomic E-state index is 10.0. The van der Waals surface area contributed by atoms with Crippen LogP contribution < -0.4 is 15.2 Å². The fourth-order valence-corrected chi connectivity index (χ4v) is 2.24. The van der Waals surface area contributed by atoms with Crippen molar-refractivity contribution in [3.05, 3.63) is 23.8 Å². The molecule has 1 aromatic rings. The second-order valence-electron chi connectivity index (χ2n) is 4.61. The summed E-state index contributed by atoms with van der Waals surface area (Å²) in [5.41, 5.74) is 6.53. The minimum absolute atomic E-state index is 0.147. The Bertz CT molecular complexity index is 409.